The Morgan fingerprint density at radius 1 is 1.29 bits per heavy atom. The van der Waals surface area contributed by atoms with E-state index in [4.69, 9.17) is 5.11 Å². The number of ketones is 1. The summed E-state index contributed by atoms with van der Waals surface area (Å²) in [6.45, 7) is 0. The molecule has 0 unspecified atom stereocenters. The lowest BCUT2D eigenvalue weighted by Gasteiger charge is -1.97. The number of hydrogen-bond donors (Lipinski definition) is 1. The van der Waals surface area contributed by atoms with Gasteiger partial charge in [-0.2, -0.15) is 8.42 Å². The van der Waals surface area contributed by atoms with Gasteiger partial charge >= 0.3 is 10.2 Å². The molecular formula is C8H7FO4S. The maximum atomic E-state index is 12.1. The highest BCUT2D eigenvalue weighted by molar-refractivity contribution is 7.87. The Morgan fingerprint density at radius 3 is 2.21 bits per heavy atom. The lowest BCUT2D eigenvalue weighted by molar-refractivity contribution is 0.102. The van der Waals surface area contributed by atoms with E-state index in [0.717, 1.165) is 0 Å². The van der Waals surface area contributed by atoms with Gasteiger partial charge in [0.25, 0.3) is 0 Å². The van der Waals surface area contributed by atoms with Crippen LogP contribution in [0.1, 0.15) is 10.4 Å². The second-order valence-corrected chi connectivity index (χ2v) is 4.02. The summed E-state index contributed by atoms with van der Waals surface area (Å²) >= 11 is 0. The first kappa shape index (κ1) is 10.6. The number of benzene rings is 1. The van der Waals surface area contributed by atoms with Crippen molar-refractivity contribution in [1.29, 1.82) is 0 Å². The second kappa shape index (κ2) is 3.75. The molecule has 6 heteroatoms. The molecule has 1 aromatic carbocycles. The van der Waals surface area contributed by atoms with Gasteiger partial charge < -0.3 is 5.11 Å². The van der Waals surface area contributed by atoms with Gasteiger partial charge in [0.2, 0.25) is 0 Å². The summed E-state index contributed by atoms with van der Waals surface area (Å²) in [5, 5.41) is 8.87. The third-order valence-corrected chi connectivity index (χ3v) is 2.10. The molecule has 0 spiro atoms. The number of phenolic OH excluding ortho intramolecular Hbond substituents is 1. The van der Waals surface area contributed by atoms with Crippen molar-refractivity contribution in [1.82, 2.24) is 0 Å². The molecule has 0 saturated carbocycles. The van der Waals surface area contributed by atoms with Crippen LogP contribution in [0.15, 0.2) is 24.3 Å². The van der Waals surface area contributed by atoms with E-state index in [0.29, 0.717) is 0 Å². The molecule has 0 amide bonds. The Labute approximate surface area is 80.2 Å². The Bertz CT molecular complexity index is 435. The van der Waals surface area contributed by atoms with E-state index in [1.807, 2.05) is 0 Å². The first-order valence-corrected chi connectivity index (χ1v) is 5.18. The highest BCUT2D eigenvalue weighted by Gasteiger charge is 2.16. The predicted molar refractivity (Wildman–Crippen MR) is 47.3 cm³/mol. The summed E-state index contributed by atoms with van der Waals surface area (Å²) in [5.41, 5.74) is 0.0454. The molecule has 0 atom stereocenters. The van der Waals surface area contributed by atoms with Crippen molar-refractivity contribution in [3.05, 3.63) is 29.8 Å². The molecule has 0 aliphatic rings. The number of carbonyl (C=O) groups is 1. The number of rotatable bonds is 3. The monoisotopic (exact) mass is 218 g/mol. The fourth-order valence-corrected chi connectivity index (χ4v) is 1.37. The van der Waals surface area contributed by atoms with Gasteiger partial charge in [-0.3, -0.25) is 4.79 Å². The van der Waals surface area contributed by atoms with Gasteiger partial charge in [-0.1, -0.05) is 0 Å². The lowest BCUT2D eigenvalue weighted by atomic mass is 10.1. The average molecular weight is 218 g/mol. The molecule has 0 aromatic heterocycles. The summed E-state index contributed by atoms with van der Waals surface area (Å²) < 4.78 is 32.4. The van der Waals surface area contributed by atoms with Crippen LogP contribution in [0, 0.1) is 0 Å². The quantitative estimate of drug-likeness (QED) is 0.603. The van der Waals surface area contributed by atoms with Crippen molar-refractivity contribution in [2.45, 2.75) is 0 Å². The fraction of sp³-hybridized carbons (Fsp3) is 0.125. The third-order valence-electron chi connectivity index (χ3n) is 1.49. The van der Waals surface area contributed by atoms with Crippen LogP contribution in [-0.2, 0) is 10.2 Å². The zero-order chi connectivity index (χ0) is 10.8. The summed E-state index contributed by atoms with van der Waals surface area (Å²) in [5.74, 6) is -2.06. The minimum atomic E-state index is -4.79. The number of halogens is 1. The van der Waals surface area contributed by atoms with Gasteiger partial charge in [-0.05, 0) is 24.3 Å². The minimum absolute atomic E-state index is 0.0454. The van der Waals surface area contributed by atoms with Gasteiger partial charge in [-0.15, -0.1) is 3.89 Å². The molecule has 0 heterocycles. The van der Waals surface area contributed by atoms with E-state index in [2.05, 4.69) is 0 Å². The molecule has 1 aromatic rings. The Morgan fingerprint density at radius 2 is 1.79 bits per heavy atom. The van der Waals surface area contributed by atoms with Crippen molar-refractivity contribution in [2.24, 2.45) is 0 Å². The Kier molecular flexibility index (Phi) is 2.85. The molecule has 0 bridgehead atoms. The smallest absolute Gasteiger partial charge is 0.309 e. The largest absolute Gasteiger partial charge is 0.508 e. The Hall–Kier alpha value is -1.43. The first-order valence-electron chi connectivity index (χ1n) is 3.63. The van der Waals surface area contributed by atoms with Crippen molar-refractivity contribution in [2.75, 3.05) is 5.75 Å². The van der Waals surface area contributed by atoms with Crippen molar-refractivity contribution in [3.63, 3.8) is 0 Å². The van der Waals surface area contributed by atoms with Crippen LogP contribution in [0.25, 0.3) is 0 Å². The predicted octanol–water partition coefficient (Wildman–Crippen LogP) is 0.874. The molecule has 0 radical (unpaired) electrons. The highest BCUT2D eigenvalue weighted by Crippen LogP contribution is 2.11. The second-order valence-electron chi connectivity index (χ2n) is 2.65. The fourth-order valence-electron chi connectivity index (χ4n) is 0.887. The molecule has 0 fully saturated rings. The molecule has 14 heavy (non-hydrogen) atoms. The number of aromatic hydroxyl groups is 1. The number of phenols is 1. The minimum Gasteiger partial charge on any atom is -0.508 e. The molecule has 1 rings (SSSR count). The van der Waals surface area contributed by atoms with Crippen LogP contribution in [0.5, 0.6) is 5.75 Å². The summed E-state index contributed by atoms with van der Waals surface area (Å²) in [7, 11) is -4.79. The lowest BCUT2D eigenvalue weighted by Crippen LogP contribution is -2.11. The van der Waals surface area contributed by atoms with Gasteiger partial charge in [0.15, 0.2) is 5.78 Å². The molecule has 0 aliphatic carbocycles. The van der Waals surface area contributed by atoms with E-state index in [1.54, 1.807) is 0 Å². The summed E-state index contributed by atoms with van der Waals surface area (Å²) in [6.07, 6.45) is 0. The molecule has 1 N–H and O–H groups in total. The van der Waals surface area contributed by atoms with E-state index < -0.39 is 21.8 Å². The van der Waals surface area contributed by atoms with E-state index in [1.165, 1.54) is 24.3 Å². The van der Waals surface area contributed by atoms with E-state index in [-0.39, 0.29) is 11.3 Å². The van der Waals surface area contributed by atoms with Crippen LogP contribution < -0.4 is 0 Å². The molecular weight excluding hydrogens is 211 g/mol. The standard InChI is InChI=1S/C8H7FO4S/c9-14(12,13)5-8(11)6-1-3-7(10)4-2-6/h1-4,10H,5H2. The zero-order valence-corrected chi connectivity index (χ0v) is 7.79. The molecule has 0 aliphatic heterocycles. The summed E-state index contributed by atoms with van der Waals surface area (Å²) in [6, 6.07) is 4.89. The zero-order valence-electron chi connectivity index (χ0n) is 6.97. The number of Topliss-reactive ketones (excluding diaryl/α,β-unsaturated/α-hetero) is 1. The molecule has 4 nitrogen and oxygen atoms in total. The van der Waals surface area contributed by atoms with Crippen LogP contribution >= 0.6 is 0 Å². The normalized spacial score (nSPS) is 11.2. The van der Waals surface area contributed by atoms with Crippen LogP contribution in [0.4, 0.5) is 3.89 Å². The van der Waals surface area contributed by atoms with Crippen molar-refractivity contribution in [3.8, 4) is 5.75 Å². The average Bonchev–Trinajstić information content (AvgIpc) is 2.02. The number of hydrogen-bond acceptors (Lipinski definition) is 4. The SMILES string of the molecule is O=C(CS(=O)(=O)F)c1ccc(O)cc1. The van der Waals surface area contributed by atoms with Crippen molar-refractivity contribution < 1.29 is 22.2 Å². The number of carbonyl (C=O) groups excluding carboxylic acids is 1. The Balaban J connectivity index is 2.86. The van der Waals surface area contributed by atoms with Gasteiger partial charge in [-0.25, -0.2) is 0 Å². The highest BCUT2D eigenvalue weighted by atomic mass is 32.3. The maximum absolute atomic E-state index is 12.1. The topological polar surface area (TPSA) is 71.4 Å². The third kappa shape index (κ3) is 3.14. The van der Waals surface area contributed by atoms with Crippen LogP contribution in [0.2, 0.25) is 0 Å². The van der Waals surface area contributed by atoms with Gasteiger partial charge in [0.1, 0.15) is 11.5 Å². The maximum Gasteiger partial charge on any atom is 0.309 e. The van der Waals surface area contributed by atoms with Gasteiger partial charge in [0.05, 0.1) is 0 Å². The van der Waals surface area contributed by atoms with Crippen molar-refractivity contribution >= 4 is 16.0 Å². The van der Waals surface area contributed by atoms with E-state index >= 15 is 0 Å². The van der Waals surface area contributed by atoms with Crippen LogP contribution in [0.3, 0.4) is 0 Å². The van der Waals surface area contributed by atoms with Crippen LogP contribution in [-0.4, -0.2) is 25.1 Å². The summed E-state index contributed by atoms with van der Waals surface area (Å²) in [4.78, 5) is 11.1. The van der Waals surface area contributed by atoms with E-state index in [9.17, 15) is 17.1 Å². The molecule has 76 valence electrons. The molecule has 0 saturated heterocycles. The van der Waals surface area contributed by atoms with Gasteiger partial charge in [0, 0.05) is 5.56 Å². The first-order chi connectivity index (χ1) is 6.38.